The zero-order valence-electron chi connectivity index (χ0n) is 9.82. The Kier molecular flexibility index (Phi) is 6.53. The number of nitrogens with zero attached hydrogens (tertiary/aromatic N) is 1. The summed E-state index contributed by atoms with van der Waals surface area (Å²) in [5, 5.41) is 10.3. The van der Waals surface area contributed by atoms with E-state index in [4.69, 9.17) is 21.5 Å². The molecule has 0 aliphatic heterocycles. The van der Waals surface area contributed by atoms with Crippen LogP contribution >= 0.6 is 11.6 Å². The SMILES string of the molecule is CC.CON(C)C(=O)c1ccc(O)cc1Cl. The summed E-state index contributed by atoms with van der Waals surface area (Å²) in [6.45, 7) is 4.00. The second-order valence-corrected chi connectivity index (χ2v) is 3.06. The first-order chi connectivity index (χ1) is 7.56. The van der Waals surface area contributed by atoms with E-state index in [1.807, 2.05) is 13.8 Å². The molecule has 4 nitrogen and oxygen atoms in total. The summed E-state index contributed by atoms with van der Waals surface area (Å²) < 4.78 is 0. The number of amides is 1. The smallest absolute Gasteiger partial charge is 0.278 e. The topological polar surface area (TPSA) is 49.8 Å². The minimum atomic E-state index is -0.363. The van der Waals surface area contributed by atoms with Crippen molar-refractivity contribution in [2.24, 2.45) is 0 Å². The number of benzene rings is 1. The Labute approximate surface area is 100 Å². The van der Waals surface area contributed by atoms with Crippen molar-refractivity contribution in [1.29, 1.82) is 0 Å². The number of rotatable bonds is 2. The number of hydrogen-bond acceptors (Lipinski definition) is 3. The van der Waals surface area contributed by atoms with Gasteiger partial charge >= 0.3 is 0 Å². The molecule has 1 aromatic carbocycles. The van der Waals surface area contributed by atoms with Gasteiger partial charge in [0.05, 0.1) is 17.7 Å². The lowest BCUT2D eigenvalue weighted by molar-refractivity contribution is -0.0756. The Morgan fingerprint density at radius 1 is 1.44 bits per heavy atom. The molecule has 0 aliphatic rings. The Hall–Kier alpha value is -1.26. The van der Waals surface area contributed by atoms with E-state index in [0.717, 1.165) is 5.06 Å². The lowest BCUT2D eigenvalue weighted by Crippen LogP contribution is -2.25. The molecule has 0 atom stereocenters. The maximum absolute atomic E-state index is 11.5. The molecular weight excluding hydrogens is 230 g/mol. The maximum Gasteiger partial charge on any atom is 0.278 e. The van der Waals surface area contributed by atoms with E-state index in [1.54, 1.807) is 0 Å². The van der Waals surface area contributed by atoms with Crippen molar-refractivity contribution in [2.75, 3.05) is 14.2 Å². The summed E-state index contributed by atoms with van der Waals surface area (Å²) in [5.74, 6) is -0.343. The van der Waals surface area contributed by atoms with Gasteiger partial charge in [-0.3, -0.25) is 9.63 Å². The van der Waals surface area contributed by atoms with Crippen LogP contribution in [0.25, 0.3) is 0 Å². The molecule has 0 saturated carbocycles. The summed E-state index contributed by atoms with van der Waals surface area (Å²) in [5.41, 5.74) is 0.286. The summed E-state index contributed by atoms with van der Waals surface area (Å²) >= 11 is 5.76. The van der Waals surface area contributed by atoms with Gasteiger partial charge in [0.2, 0.25) is 0 Å². The highest BCUT2D eigenvalue weighted by atomic mass is 35.5. The second-order valence-electron chi connectivity index (χ2n) is 2.65. The molecule has 1 rings (SSSR count). The van der Waals surface area contributed by atoms with Crippen LogP contribution in [0.1, 0.15) is 24.2 Å². The fourth-order valence-corrected chi connectivity index (χ4v) is 1.19. The molecule has 0 spiro atoms. The van der Waals surface area contributed by atoms with E-state index in [0.29, 0.717) is 0 Å². The van der Waals surface area contributed by atoms with E-state index in [1.165, 1.54) is 32.4 Å². The van der Waals surface area contributed by atoms with Gasteiger partial charge in [0, 0.05) is 7.05 Å². The quantitative estimate of drug-likeness (QED) is 0.815. The van der Waals surface area contributed by atoms with Gasteiger partial charge in [-0.05, 0) is 18.2 Å². The molecule has 0 saturated heterocycles. The third-order valence-corrected chi connectivity index (χ3v) is 2.06. The molecule has 0 unspecified atom stereocenters. The molecule has 0 heterocycles. The average Bonchev–Trinajstić information content (AvgIpc) is 2.30. The molecule has 1 aromatic rings. The van der Waals surface area contributed by atoms with Crippen LogP contribution in [0.2, 0.25) is 5.02 Å². The third kappa shape index (κ3) is 3.72. The standard InChI is InChI=1S/C9H10ClNO3.C2H6/c1-11(14-2)9(13)7-4-3-6(12)5-8(7)10;1-2/h3-5,12H,1-2H3;1-2H3. The predicted molar refractivity (Wildman–Crippen MR) is 63.6 cm³/mol. The number of phenols is 1. The van der Waals surface area contributed by atoms with Crippen LogP contribution in [-0.2, 0) is 4.84 Å². The number of hydrogen-bond donors (Lipinski definition) is 1. The maximum atomic E-state index is 11.5. The van der Waals surface area contributed by atoms with Crippen molar-refractivity contribution in [2.45, 2.75) is 13.8 Å². The minimum Gasteiger partial charge on any atom is -0.508 e. The molecule has 0 aromatic heterocycles. The number of carbonyl (C=O) groups excluding carboxylic acids is 1. The lowest BCUT2D eigenvalue weighted by atomic mass is 10.2. The van der Waals surface area contributed by atoms with Crippen molar-refractivity contribution in [3.8, 4) is 5.75 Å². The first-order valence-electron chi connectivity index (χ1n) is 4.87. The molecule has 1 N–H and O–H groups in total. The van der Waals surface area contributed by atoms with Crippen molar-refractivity contribution >= 4 is 17.5 Å². The molecule has 90 valence electrons. The van der Waals surface area contributed by atoms with Crippen LogP contribution < -0.4 is 0 Å². The second kappa shape index (κ2) is 7.09. The van der Waals surface area contributed by atoms with Crippen LogP contribution in [0.4, 0.5) is 0 Å². The Balaban J connectivity index is 0.00000106. The number of carbonyl (C=O) groups is 1. The van der Waals surface area contributed by atoms with Gasteiger partial charge in [-0.1, -0.05) is 25.4 Å². The van der Waals surface area contributed by atoms with E-state index in [9.17, 15) is 4.79 Å². The Morgan fingerprint density at radius 2 is 2.00 bits per heavy atom. The summed E-state index contributed by atoms with van der Waals surface area (Å²) in [4.78, 5) is 16.3. The van der Waals surface area contributed by atoms with Crippen molar-refractivity contribution in [1.82, 2.24) is 5.06 Å². The Morgan fingerprint density at radius 3 is 2.44 bits per heavy atom. The number of halogens is 1. The molecule has 0 fully saturated rings. The molecular formula is C11H16ClNO3. The van der Waals surface area contributed by atoms with Gasteiger partial charge in [0.25, 0.3) is 5.91 Å². The van der Waals surface area contributed by atoms with Gasteiger partial charge in [-0.25, -0.2) is 5.06 Å². The first-order valence-corrected chi connectivity index (χ1v) is 5.24. The molecule has 0 radical (unpaired) electrons. The molecule has 5 heteroatoms. The highest BCUT2D eigenvalue weighted by Gasteiger charge is 2.14. The van der Waals surface area contributed by atoms with E-state index in [2.05, 4.69) is 0 Å². The van der Waals surface area contributed by atoms with Crippen molar-refractivity contribution < 1.29 is 14.7 Å². The molecule has 0 bridgehead atoms. The monoisotopic (exact) mass is 245 g/mol. The summed E-state index contributed by atoms with van der Waals surface area (Å²) in [7, 11) is 2.86. The zero-order chi connectivity index (χ0) is 12.7. The summed E-state index contributed by atoms with van der Waals surface area (Å²) in [6.07, 6.45) is 0. The third-order valence-electron chi connectivity index (χ3n) is 1.74. The number of phenolic OH excluding ortho intramolecular Hbond substituents is 1. The molecule has 16 heavy (non-hydrogen) atoms. The van der Waals surface area contributed by atoms with Crippen LogP contribution in [0.15, 0.2) is 18.2 Å². The highest BCUT2D eigenvalue weighted by Crippen LogP contribution is 2.22. The van der Waals surface area contributed by atoms with Crippen LogP contribution in [-0.4, -0.2) is 30.2 Å². The average molecular weight is 246 g/mol. The molecule has 1 amide bonds. The Bertz CT molecular complexity index is 355. The van der Waals surface area contributed by atoms with E-state index >= 15 is 0 Å². The van der Waals surface area contributed by atoms with Gasteiger partial charge in [0.1, 0.15) is 5.75 Å². The summed E-state index contributed by atoms with van der Waals surface area (Å²) in [6, 6.07) is 4.14. The van der Waals surface area contributed by atoms with Crippen LogP contribution in [0, 0.1) is 0 Å². The van der Waals surface area contributed by atoms with Gasteiger partial charge < -0.3 is 5.11 Å². The number of aromatic hydroxyl groups is 1. The highest BCUT2D eigenvalue weighted by molar-refractivity contribution is 6.33. The van der Waals surface area contributed by atoms with Gasteiger partial charge in [-0.15, -0.1) is 0 Å². The van der Waals surface area contributed by atoms with Crippen molar-refractivity contribution in [3.63, 3.8) is 0 Å². The minimum absolute atomic E-state index is 0.0200. The first kappa shape index (κ1) is 14.7. The van der Waals surface area contributed by atoms with Crippen LogP contribution in [0.3, 0.4) is 0 Å². The molecule has 0 aliphatic carbocycles. The number of hydroxylamine groups is 2. The van der Waals surface area contributed by atoms with E-state index in [-0.39, 0.29) is 22.2 Å². The van der Waals surface area contributed by atoms with E-state index < -0.39 is 0 Å². The largest absolute Gasteiger partial charge is 0.508 e. The predicted octanol–water partition coefficient (Wildman–Crippen LogP) is 2.71. The van der Waals surface area contributed by atoms with Gasteiger partial charge in [-0.2, -0.15) is 0 Å². The fourth-order valence-electron chi connectivity index (χ4n) is 0.930. The fraction of sp³-hybridized carbons (Fsp3) is 0.364. The lowest BCUT2D eigenvalue weighted by Gasteiger charge is -2.14. The van der Waals surface area contributed by atoms with Crippen LogP contribution in [0.5, 0.6) is 5.75 Å². The van der Waals surface area contributed by atoms with Crippen molar-refractivity contribution in [3.05, 3.63) is 28.8 Å². The zero-order valence-corrected chi connectivity index (χ0v) is 10.6. The normalized spacial score (nSPS) is 9.06. The van der Waals surface area contributed by atoms with Gasteiger partial charge in [0.15, 0.2) is 0 Å².